The molecule has 0 spiro atoms. The largest absolute Gasteiger partial charge is 0.494 e. The summed E-state index contributed by atoms with van der Waals surface area (Å²) in [6.07, 6.45) is 1.04. The van der Waals surface area contributed by atoms with Gasteiger partial charge < -0.3 is 14.5 Å². The summed E-state index contributed by atoms with van der Waals surface area (Å²) in [5, 5.41) is 11.0. The molecule has 0 unspecified atom stereocenters. The second kappa shape index (κ2) is 6.29. The van der Waals surface area contributed by atoms with E-state index in [1.54, 1.807) is 6.07 Å². The topological polar surface area (TPSA) is 60.2 Å². The predicted octanol–water partition coefficient (Wildman–Crippen LogP) is 2.38. The summed E-state index contributed by atoms with van der Waals surface area (Å²) in [6.45, 7) is 3.50. The molecule has 0 bridgehead atoms. The summed E-state index contributed by atoms with van der Waals surface area (Å²) < 4.78 is 23.7. The van der Waals surface area contributed by atoms with Crippen molar-refractivity contribution in [2.24, 2.45) is 0 Å². The summed E-state index contributed by atoms with van der Waals surface area (Å²) in [5.74, 6) is 0.593. The van der Waals surface area contributed by atoms with Crippen LogP contribution in [0.15, 0.2) is 22.6 Å². The molecule has 102 valence electrons. The van der Waals surface area contributed by atoms with Crippen LogP contribution < -0.4 is 10.1 Å². The van der Waals surface area contributed by atoms with Gasteiger partial charge in [0, 0.05) is 5.56 Å². The Kier molecular flexibility index (Phi) is 4.46. The molecular weight excluding hydrogens is 249 g/mol. The molecule has 5 nitrogen and oxygen atoms in total. The molecule has 0 saturated carbocycles. The highest BCUT2D eigenvalue weighted by Gasteiger charge is 2.11. The van der Waals surface area contributed by atoms with Gasteiger partial charge in [0.2, 0.25) is 11.8 Å². The van der Waals surface area contributed by atoms with Crippen molar-refractivity contribution in [3.05, 3.63) is 29.9 Å². The van der Waals surface area contributed by atoms with Crippen LogP contribution in [-0.4, -0.2) is 23.9 Å². The van der Waals surface area contributed by atoms with Gasteiger partial charge in [-0.3, -0.25) is 0 Å². The van der Waals surface area contributed by atoms with E-state index in [1.807, 2.05) is 0 Å². The van der Waals surface area contributed by atoms with Gasteiger partial charge in [0.15, 0.2) is 11.6 Å². The second-order valence-electron chi connectivity index (χ2n) is 4.03. The molecule has 0 fully saturated rings. The van der Waals surface area contributed by atoms with E-state index >= 15 is 0 Å². The molecule has 0 aliphatic heterocycles. The molecule has 1 N–H and O–H groups in total. The van der Waals surface area contributed by atoms with E-state index in [-0.39, 0.29) is 5.75 Å². The molecule has 1 aromatic heterocycles. The lowest BCUT2D eigenvalue weighted by molar-refractivity contribution is 0.386. The van der Waals surface area contributed by atoms with Crippen molar-refractivity contribution >= 4 is 0 Å². The van der Waals surface area contributed by atoms with E-state index < -0.39 is 5.82 Å². The number of methoxy groups -OCH3 is 1. The van der Waals surface area contributed by atoms with Crippen LogP contribution in [0, 0.1) is 5.82 Å². The van der Waals surface area contributed by atoms with Crippen LogP contribution in [0.3, 0.4) is 0 Å². The Bertz CT molecular complexity index is 542. The minimum absolute atomic E-state index is 0.154. The third-order valence-electron chi connectivity index (χ3n) is 2.57. The first-order chi connectivity index (χ1) is 9.24. The Morgan fingerprint density at radius 1 is 1.37 bits per heavy atom. The molecule has 1 aromatic carbocycles. The molecule has 0 saturated heterocycles. The third-order valence-corrected chi connectivity index (χ3v) is 2.57. The maximum atomic E-state index is 13.3. The molecule has 0 aliphatic rings. The molecule has 0 amide bonds. The number of hydrogen-bond donors (Lipinski definition) is 1. The zero-order valence-corrected chi connectivity index (χ0v) is 10.9. The van der Waals surface area contributed by atoms with Crippen LogP contribution in [0.4, 0.5) is 4.39 Å². The fraction of sp³-hybridized carbons (Fsp3) is 0.385. The van der Waals surface area contributed by atoms with Gasteiger partial charge in [-0.15, -0.1) is 10.2 Å². The minimum atomic E-state index is -0.421. The molecule has 6 heteroatoms. The first kappa shape index (κ1) is 13.5. The van der Waals surface area contributed by atoms with Crippen LogP contribution in [0.1, 0.15) is 19.2 Å². The zero-order chi connectivity index (χ0) is 13.7. The van der Waals surface area contributed by atoms with Crippen LogP contribution in [0.25, 0.3) is 11.5 Å². The standard InChI is InChI=1S/C13H16FN3O2/c1-3-6-15-8-12-16-17-13(19-12)9-4-5-10(14)11(7-9)18-2/h4-5,7,15H,3,6,8H2,1-2H3. The van der Waals surface area contributed by atoms with Gasteiger partial charge in [-0.05, 0) is 31.2 Å². The average Bonchev–Trinajstić information content (AvgIpc) is 2.88. The van der Waals surface area contributed by atoms with Crippen molar-refractivity contribution in [3.8, 4) is 17.2 Å². The molecule has 0 aliphatic carbocycles. The lowest BCUT2D eigenvalue weighted by Crippen LogP contribution is -2.13. The van der Waals surface area contributed by atoms with Crippen LogP contribution in [0.2, 0.25) is 0 Å². The predicted molar refractivity (Wildman–Crippen MR) is 68.2 cm³/mol. The summed E-state index contributed by atoms with van der Waals surface area (Å²) in [7, 11) is 1.41. The monoisotopic (exact) mass is 265 g/mol. The van der Waals surface area contributed by atoms with Crippen molar-refractivity contribution in [1.82, 2.24) is 15.5 Å². The molecular formula is C13H16FN3O2. The summed E-state index contributed by atoms with van der Waals surface area (Å²) in [5.41, 5.74) is 0.632. The Balaban J connectivity index is 2.13. The number of aromatic nitrogens is 2. The van der Waals surface area contributed by atoms with Crippen LogP contribution in [-0.2, 0) is 6.54 Å². The van der Waals surface area contributed by atoms with Gasteiger partial charge in [-0.2, -0.15) is 0 Å². The van der Waals surface area contributed by atoms with Crippen LogP contribution >= 0.6 is 0 Å². The summed E-state index contributed by atoms with van der Waals surface area (Å²) >= 11 is 0. The van der Waals surface area contributed by atoms with Gasteiger partial charge in [0.05, 0.1) is 13.7 Å². The second-order valence-corrected chi connectivity index (χ2v) is 4.03. The molecule has 0 radical (unpaired) electrons. The maximum absolute atomic E-state index is 13.3. The first-order valence-electron chi connectivity index (χ1n) is 6.11. The number of benzene rings is 1. The van der Waals surface area contributed by atoms with Gasteiger partial charge >= 0.3 is 0 Å². The molecule has 19 heavy (non-hydrogen) atoms. The Hall–Kier alpha value is -1.95. The van der Waals surface area contributed by atoms with E-state index in [4.69, 9.17) is 9.15 Å². The van der Waals surface area contributed by atoms with Gasteiger partial charge in [0.1, 0.15) is 0 Å². The Morgan fingerprint density at radius 2 is 2.21 bits per heavy atom. The smallest absolute Gasteiger partial charge is 0.247 e. The Morgan fingerprint density at radius 3 is 2.95 bits per heavy atom. The van der Waals surface area contributed by atoms with Crippen LogP contribution in [0.5, 0.6) is 5.75 Å². The minimum Gasteiger partial charge on any atom is -0.494 e. The quantitative estimate of drug-likeness (QED) is 0.813. The lowest BCUT2D eigenvalue weighted by Gasteiger charge is -2.02. The fourth-order valence-electron chi connectivity index (χ4n) is 1.61. The number of hydrogen-bond acceptors (Lipinski definition) is 5. The van der Waals surface area contributed by atoms with Crippen molar-refractivity contribution < 1.29 is 13.5 Å². The van der Waals surface area contributed by atoms with Gasteiger partial charge in [-0.25, -0.2) is 4.39 Å². The van der Waals surface area contributed by atoms with E-state index in [9.17, 15) is 4.39 Å². The number of ether oxygens (including phenoxy) is 1. The third kappa shape index (κ3) is 3.29. The fourth-order valence-corrected chi connectivity index (χ4v) is 1.61. The van der Waals surface area contributed by atoms with E-state index in [0.29, 0.717) is 23.9 Å². The summed E-state index contributed by atoms with van der Waals surface area (Å²) in [6, 6.07) is 4.42. The van der Waals surface area contributed by atoms with E-state index in [1.165, 1.54) is 19.2 Å². The number of halogens is 1. The normalized spacial score (nSPS) is 10.7. The zero-order valence-electron chi connectivity index (χ0n) is 10.9. The van der Waals surface area contributed by atoms with Gasteiger partial charge in [0.25, 0.3) is 0 Å². The highest BCUT2D eigenvalue weighted by atomic mass is 19.1. The van der Waals surface area contributed by atoms with Gasteiger partial charge in [-0.1, -0.05) is 6.92 Å². The van der Waals surface area contributed by atoms with Crippen molar-refractivity contribution in [2.75, 3.05) is 13.7 Å². The van der Waals surface area contributed by atoms with E-state index in [2.05, 4.69) is 22.4 Å². The van der Waals surface area contributed by atoms with Crippen molar-refractivity contribution in [3.63, 3.8) is 0 Å². The number of nitrogens with zero attached hydrogens (tertiary/aromatic N) is 2. The lowest BCUT2D eigenvalue weighted by atomic mass is 10.2. The molecule has 2 aromatic rings. The van der Waals surface area contributed by atoms with E-state index in [0.717, 1.165) is 13.0 Å². The number of nitrogens with one attached hydrogen (secondary N) is 1. The maximum Gasteiger partial charge on any atom is 0.247 e. The van der Waals surface area contributed by atoms with Crippen molar-refractivity contribution in [2.45, 2.75) is 19.9 Å². The molecule has 0 atom stereocenters. The average molecular weight is 265 g/mol. The number of rotatable bonds is 6. The summed E-state index contributed by atoms with van der Waals surface area (Å²) in [4.78, 5) is 0. The Labute approximate surface area is 110 Å². The molecule has 1 heterocycles. The highest BCUT2D eigenvalue weighted by molar-refractivity contribution is 5.55. The first-order valence-corrected chi connectivity index (χ1v) is 6.11. The SMILES string of the molecule is CCCNCc1nnc(-c2ccc(F)c(OC)c2)o1. The highest BCUT2D eigenvalue weighted by Crippen LogP contribution is 2.25. The van der Waals surface area contributed by atoms with Crippen molar-refractivity contribution in [1.29, 1.82) is 0 Å². The molecule has 2 rings (SSSR count).